The highest BCUT2D eigenvalue weighted by Gasteiger charge is 2.04. The van der Waals surface area contributed by atoms with Gasteiger partial charge in [0.25, 0.3) is 0 Å². The van der Waals surface area contributed by atoms with Gasteiger partial charge in [-0.15, -0.1) is 0 Å². The van der Waals surface area contributed by atoms with Crippen LogP contribution in [0.2, 0.25) is 0 Å². The summed E-state index contributed by atoms with van der Waals surface area (Å²) in [7, 11) is 1.64. The molecule has 0 atom stereocenters. The van der Waals surface area contributed by atoms with E-state index in [4.69, 9.17) is 4.74 Å². The average molecular weight is 279 g/mol. The molecule has 21 heavy (non-hydrogen) atoms. The van der Waals surface area contributed by atoms with E-state index in [1.165, 1.54) is 10.9 Å². The molecule has 106 valence electrons. The van der Waals surface area contributed by atoms with E-state index in [0.717, 1.165) is 24.0 Å². The highest BCUT2D eigenvalue weighted by molar-refractivity contribution is 5.84. The van der Waals surface area contributed by atoms with Crippen molar-refractivity contribution in [1.29, 1.82) is 0 Å². The van der Waals surface area contributed by atoms with Crippen LogP contribution in [0.3, 0.4) is 0 Å². The SMILES string of the molecule is COc1ncccc1CNCc1cccc2cnccc12. The maximum Gasteiger partial charge on any atom is 0.217 e. The Kier molecular flexibility index (Phi) is 4.07. The number of hydrogen-bond donors (Lipinski definition) is 1. The van der Waals surface area contributed by atoms with Crippen LogP contribution in [0.25, 0.3) is 10.8 Å². The molecule has 0 aliphatic heterocycles. The topological polar surface area (TPSA) is 47.0 Å². The Morgan fingerprint density at radius 3 is 2.76 bits per heavy atom. The molecule has 0 spiro atoms. The zero-order valence-electron chi connectivity index (χ0n) is 11.9. The summed E-state index contributed by atoms with van der Waals surface area (Å²) in [6.45, 7) is 1.51. The molecule has 3 rings (SSSR count). The molecule has 4 nitrogen and oxygen atoms in total. The zero-order valence-corrected chi connectivity index (χ0v) is 11.9. The molecule has 0 fully saturated rings. The van der Waals surface area contributed by atoms with Crippen LogP contribution in [-0.4, -0.2) is 17.1 Å². The fourth-order valence-electron chi connectivity index (χ4n) is 2.42. The number of methoxy groups -OCH3 is 1. The molecule has 0 amide bonds. The largest absolute Gasteiger partial charge is 0.481 e. The molecule has 0 aliphatic rings. The lowest BCUT2D eigenvalue weighted by atomic mass is 10.1. The zero-order chi connectivity index (χ0) is 14.5. The molecule has 0 radical (unpaired) electrons. The van der Waals surface area contributed by atoms with E-state index >= 15 is 0 Å². The van der Waals surface area contributed by atoms with Crippen LogP contribution in [0.5, 0.6) is 5.88 Å². The number of ether oxygens (including phenoxy) is 1. The van der Waals surface area contributed by atoms with Crippen LogP contribution in [0.1, 0.15) is 11.1 Å². The molecule has 0 unspecified atom stereocenters. The maximum atomic E-state index is 5.26. The van der Waals surface area contributed by atoms with Gasteiger partial charge in [0.15, 0.2) is 0 Å². The highest BCUT2D eigenvalue weighted by Crippen LogP contribution is 2.18. The monoisotopic (exact) mass is 279 g/mol. The summed E-state index contributed by atoms with van der Waals surface area (Å²) in [6.07, 6.45) is 5.46. The predicted octanol–water partition coefficient (Wildman–Crippen LogP) is 2.93. The second kappa shape index (κ2) is 6.33. The lowest BCUT2D eigenvalue weighted by molar-refractivity contribution is 0.390. The molecule has 2 heterocycles. The summed E-state index contributed by atoms with van der Waals surface area (Å²) >= 11 is 0. The van der Waals surface area contributed by atoms with Gasteiger partial charge >= 0.3 is 0 Å². The fourth-order valence-corrected chi connectivity index (χ4v) is 2.42. The van der Waals surface area contributed by atoms with Crippen molar-refractivity contribution in [3.05, 3.63) is 66.1 Å². The third-order valence-corrected chi connectivity index (χ3v) is 3.45. The maximum absolute atomic E-state index is 5.26. The van der Waals surface area contributed by atoms with Crippen molar-refractivity contribution in [3.63, 3.8) is 0 Å². The van der Waals surface area contributed by atoms with Crippen LogP contribution in [-0.2, 0) is 13.1 Å². The average Bonchev–Trinajstić information content (AvgIpc) is 2.55. The van der Waals surface area contributed by atoms with Gasteiger partial charge in [-0.2, -0.15) is 0 Å². The lowest BCUT2D eigenvalue weighted by Crippen LogP contribution is -2.14. The minimum atomic E-state index is 0.673. The minimum Gasteiger partial charge on any atom is -0.481 e. The van der Waals surface area contributed by atoms with Crippen molar-refractivity contribution in [1.82, 2.24) is 15.3 Å². The molecule has 1 aromatic carbocycles. The van der Waals surface area contributed by atoms with Gasteiger partial charge < -0.3 is 10.1 Å². The van der Waals surface area contributed by atoms with Gasteiger partial charge in [-0.25, -0.2) is 4.98 Å². The number of nitrogens with one attached hydrogen (secondary N) is 1. The Bertz CT molecular complexity index is 737. The number of rotatable bonds is 5. The number of hydrogen-bond acceptors (Lipinski definition) is 4. The Hall–Kier alpha value is -2.46. The lowest BCUT2D eigenvalue weighted by Gasteiger charge is -2.10. The molecule has 4 heteroatoms. The van der Waals surface area contributed by atoms with Gasteiger partial charge in [0.2, 0.25) is 5.88 Å². The Balaban J connectivity index is 1.72. The van der Waals surface area contributed by atoms with Gasteiger partial charge in [0, 0.05) is 42.6 Å². The summed E-state index contributed by atoms with van der Waals surface area (Å²) in [5, 5.41) is 5.84. The Morgan fingerprint density at radius 1 is 1.00 bits per heavy atom. The Morgan fingerprint density at radius 2 is 1.86 bits per heavy atom. The molecule has 2 aromatic heterocycles. The van der Waals surface area contributed by atoms with Gasteiger partial charge in [0.05, 0.1) is 7.11 Å². The minimum absolute atomic E-state index is 0.673. The molecular formula is C17H17N3O. The van der Waals surface area contributed by atoms with E-state index in [2.05, 4.69) is 39.6 Å². The third kappa shape index (κ3) is 3.01. The number of nitrogens with zero attached hydrogens (tertiary/aromatic N) is 2. The summed E-state index contributed by atoms with van der Waals surface area (Å²) < 4.78 is 5.26. The normalized spacial score (nSPS) is 10.7. The van der Waals surface area contributed by atoms with Crippen LogP contribution >= 0.6 is 0 Å². The molecular weight excluding hydrogens is 262 g/mol. The van der Waals surface area contributed by atoms with Crippen LogP contribution in [0.15, 0.2) is 55.0 Å². The first-order valence-electron chi connectivity index (χ1n) is 6.88. The first kappa shape index (κ1) is 13.5. The van der Waals surface area contributed by atoms with E-state index in [1.807, 2.05) is 24.5 Å². The van der Waals surface area contributed by atoms with Gasteiger partial charge in [0.1, 0.15) is 0 Å². The number of fused-ring (bicyclic) bond motifs is 1. The Labute approximate surface area is 123 Å². The van der Waals surface area contributed by atoms with E-state index in [1.54, 1.807) is 13.3 Å². The van der Waals surface area contributed by atoms with Crippen LogP contribution in [0.4, 0.5) is 0 Å². The number of pyridine rings is 2. The van der Waals surface area contributed by atoms with E-state index in [-0.39, 0.29) is 0 Å². The van der Waals surface area contributed by atoms with Crippen molar-refractivity contribution in [3.8, 4) is 5.88 Å². The molecule has 3 aromatic rings. The van der Waals surface area contributed by atoms with Crippen LogP contribution < -0.4 is 10.1 Å². The number of aromatic nitrogens is 2. The molecule has 0 saturated heterocycles. The summed E-state index contributed by atoms with van der Waals surface area (Å²) in [5.74, 6) is 0.673. The summed E-state index contributed by atoms with van der Waals surface area (Å²) in [6, 6.07) is 12.3. The first-order chi connectivity index (χ1) is 10.4. The second-order valence-corrected chi connectivity index (χ2v) is 4.79. The van der Waals surface area contributed by atoms with E-state index in [0.29, 0.717) is 5.88 Å². The fraction of sp³-hybridized carbons (Fsp3) is 0.176. The van der Waals surface area contributed by atoms with Crippen molar-refractivity contribution in [2.24, 2.45) is 0 Å². The smallest absolute Gasteiger partial charge is 0.217 e. The molecule has 0 saturated carbocycles. The van der Waals surface area contributed by atoms with Crippen LogP contribution in [0, 0.1) is 0 Å². The van der Waals surface area contributed by atoms with Crippen molar-refractivity contribution in [2.75, 3.05) is 7.11 Å². The predicted molar refractivity (Wildman–Crippen MR) is 83.1 cm³/mol. The standard InChI is InChI=1S/C17H17N3O/c1-21-17-15(6-3-8-20-17)12-19-11-14-5-2-4-13-10-18-9-7-16(13)14/h2-10,19H,11-12H2,1H3. The summed E-state index contributed by atoms with van der Waals surface area (Å²) in [4.78, 5) is 8.36. The highest BCUT2D eigenvalue weighted by atomic mass is 16.5. The van der Waals surface area contributed by atoms with Crippen molar-refractivity contribution in [2.45, 2.75) is 13.1 Å². The number of benzene rings is 1. The quantitative estimate of drug-likeness (QED) is 0.780. The van der Waals surface area contributed by atoms with E-state index in [9.17, 15) is 0 Å². The van der Waals surface area contributed by atoms with Gasteiger partial charge in [-0.05, 0) is 23.1 Å². The van der Waals surface area contributed by atoms with E-state index < -0.39 is 0 Å². The molecule has 1 N–H and O–H groups in total. The van der Waals surface area contributed by atoms with Gasteiger partial charge in [-0.1, -0.05) is 24.3 Å². The first-order valence-corrected chi connectivity index (χ1v) is 6.88. The van der Waals surface area contributed by atoms with Crippen molar-refractivity contribution < 1.29 is 4.74 Å². The third-order valence-electron chi connectivity index (χ3n) is 3.45. The molecule has 0 aliphatic carbocycles. The van der Waals surface area contributed by atoms with Crippen molar-refractivity contribution >= 4 is 10.8 Å². The second-order valence-electron chi connectivity index (χ2n) is 4.79. The van der Waals surface area contributed by atoms with Gasteiger partial charge in [-0.3, -0.25) is 4.98 Å². The molecule has 0 bridgehead atoms. The summed E-state index contributed by atoms with van der Waals surface area (Å²) in [5.41, 5.74) is 2.32.